The summed E-state index contributed by atoms with van der Waals surface area (Å²) in [5.74, 6) is 1.96. The van der Waals surface area contributed by atoms with Crippen LogP contribution in [0.25, 0.3) is 0 Å². The first-order valence-electron chi connectivity index (χ1n) is 10.6. The number of aromatic nitrogens is 1. The van der Waals surface area contributed by atoms with E-state index >= 15 is 0 Å². The van der Waals surface area contributed by atoms with Crippen LogP contribution in [0.4, 0.5) is 5.82 Å². The van der Waals surface area contributed by atoms with Crippen LogP contribution in [-0.2, 0) is 11.3 Å². The molecule has 0 saturated carbocycles. The minimum atomic E-state index is -0.196. The van der Waals surface area contributed by atoms with Crippen molar-refractivity contribution >= 4 is 29.0 Å². The zero-order valence-corrected chi connectivity index (χ0v) is 18.6. The van der Waals surface area contributed by atoms with E-state index in [1.807, 2.05) is 12.3 Å². The van der Waals surface area contributed by atoms with Crippen molar-refractivity contribution in [3.63, 3.8) is 0 Å². The van der Waals surface area contributed by atoms with Crippen molar-refractivity contribution in [1.82, 2.24) is 15.6 Å². The van der Waals surface area contributed by atoms with Crippen molar-refractivity contribution < 1.29 is 4.79 Å². The number of aliphatic imine (C=N–C) groups is 1. The minimum absolute atomic E-state index is 0.0266. The Morgan fingerprint density at radius 2 is 2.13 bits per heavy atom. The van der Waals surface area contributed by atoms with E-state index in [1.54, 1.807) is 11.3 Å². The normalized spacial score (nSPS) is 16.3. The molecule has 30 heavy (non-hydrogen) atoms. The molecule has 162 valence electrons. The number of pyridine rings is 1. The summed E-state index contributed by atoms with van der Waals surface area (Å²) in [5.41, 5.74) is 6.55. The number of primary amides is 1. The lowest BCUT2D eigenvalue weighted by Crippen LogP contribution is -2.39. The van der Waals surface area contributed by atoms with Crippen LogP contribution >= 0.6 is 11.3 Å². The number of amides is 1. The van der Waals surface area contributed by atoms with Gasteiger partial charge in [-0.05, 0) is 37.3 Å². The number of carbonyl (C=O) groups is 1. The van der Waals surface area contributed by atoms with E-state index < -0.39 is 0 Å². The molecule has 4 N–H and O–H groups in total. The topological polar surface area (TPSA) is 95.6 Å². The second kappa shape index (κ2) is 11.0. The first-order valence-corrected chi connectivity index (χ1v) is 11.5. The fourth-order valence-electron chi connectivity index (χ4n) is 3.64. The molecule has 1 aliphatic heterocycles. The number of nitrogens with two attached hydrogens (primary N) is 1. The van der Waals surface area contributed by atoms with Crippen molar-refractivity contribution in [3.8, 4) is 0 Å². The molecule has 0 bridgehead atoms. The molecule has 1 saturated heterocycles. The van der Waals surface area contributed by atoms with E-state index in [1.165, 1.54) is 4.88 Å². The number of thiophene rings is 1. The SMILES string of the molecule is CCNC(=NCc1cccnc1N1CCC(C(N)=O)CC1)NCC(C)c1cccs1. The van der Waals surface area contributed by atoms with Crippen molar-refractivity contribution in [2.75, 3.05) is 31.1 Å². The van der Waals surface area contributed by atoms with E-state index in [0.29, 0.717) is 12.5 Å². The molecule has 3 rings (SSSR count). The first-order chi connectivity index (χ1) is 14.6. The number of carbonyl (C=O) groups excluding carboxylic acids is 1. The quantitative estimate of drug-likeness (QED) is 0.444. The van der Waals surface area contributed by atoms with Gasteiger partial charge >= 0.3 is 0 Å². The zero-order chi connectivity index (χ0) is 21.3. The summed E-state index contributed by atoms with van der Waals surface area (Å²) in [7, 11) is 0. The third kappa shape index (κ3) is 5.95. The molecule has 1 atom stereocenters. The molecule has 7 nitrogen and oxygen atoms in total. The zero-order valence-electron chi connectivity index (χ0n) is 17.8. The highest BCUT2D eigenvalue weighted by molar-refractivity contribution is 7.10. The van der Waals surface area contributed by atoms with Crippen LogP contribution in [0, 0.1) is 5.92 Å². The lowest BCUT2D eigenvalue weighted by Gasteiger charge is -2.32. The standard InChI is InChI=1S/C22H32N6OS/c1-3-24-22(26-14-16(2)19-7-5-13-30-19)27-15-18-6-4-10-25-21(18)28-11-8-17(9-12-28)20(23)29/h4-7,10,13,16-17H,3,8-9,11-12,14-15H2,1-2H3,(H2,23,29)(H2,24,26,27). The predicted octanol–water partition coefficient (Wildman–Crippen LogP) is 2.70. The molecule has 3 heterocycles. The molecule has 0 radical (unpaired) electrons. The Kier molecular flexibility index (Phi) is 8.07. The van der Waals surface area contributed by atoms with Crippen LogP contribution in [0.5, 0.6) is 0 Å². The minimum Gasteiger partial charge on any atom is -0.369 e. The number of nitrogens with zero attached hydrogens (tertiary/aromatic N) is 3. The summed E-state index contributed by atoms with van der Waals surface area (Å²) >= 11 is 1.78. The lowest BCUT2D eigenvalue weighted by atomic mass is 9.96. The van der Waals surface area contributed by atoms with E-state index in [-0.39, 0.29) is 11.8 Å². The molecule has 0 aromatic carbocycles. The smallest absolute Gasteiger partial charge is 0.220 e. The third-order valence-corrected chi connectivity index (χ3v) is 6.52. The van der Waals surface area contributed by atoms with Gasteiger partial charge < -0.3 is 21.3 Å². The second-order valence-corrected chi connectivity index (χ2v) is 8.62. The molecule has 2 aromatic heterocycles. The van der Waals surface area contributed by atoms with Gasteiger partial charge in [0.1, 0.15) is 5.82 Å². The highest BCUT2D eigenvalue weighted by Crippen LogP contribution is 2.25. The third-order valence-electron chi connectivity index (χ3n) is 5.42. The number of nitrogens with one attached hydrogen (secondary N) is 2. The van der Waals surface area contributed by atoms with Gasteiger partial charge in [-0.1, -0.05) is 19.1 Å². The first kappa shape index (κ1) is 22.1. The van der Waals surface area contributed by atoms with Gasteiger partial charge in [0.15, 0.2) is 5.96 Å². The molecule has 1 amide bonds. The summed E-state index contributed by atoms with van der Waals surface area (Å²) in [6.45, 7) is 8.04. The van der Waals surface area contributed by atoms with E-state index in [9.17, 15) is 4.79 Å². The van der Waals surface area contributed by atoms with Crippen molar-refractivity contribution in [2.45, 2.75) is 39.2 Å². The van der Waals surface area contributed by atoms with Gasteiger partial charge in [-0.3, -0.25) is 4.79 Å². The van der Waals surface area contributed by atoms with Gasteiger partial charge in [-0.15, -0.1) is 11.3 Å². The van der Waals surface area contributed by atoms with Crippen LogP contribution in [-0.4, -0.2) is 43.0 Å². The van der Waals surface area contributed by atoms with Gasteiger partial charge in [0.05, 0.1) is 6.54 Å². The molecule has 8 heteroatoms. The fourth-order valence-corrected chi connectivity index (χ4v) is 4.43. The maximum absolute atomic E-state index is 11.4. The summed E-state index contributed by atoms with van der Waals surface area (Å²) in [6.07, 6.45) is 3.37. The molecule has 1 fully saturated rings. The summed E-state index contributed by atoms with van der Waals surface area (Å²) in [5, 5.41) is 8.90. The van der Waals surface area contributed by atoms with Crippen LogP contribution in [0.1, 0.15) is 43.0 Å². The molecule has 1 unspecified atom stereocenters. The number of piperidine rings is 1. The van der Waals surface area contributed by atoms with Gasteiger partial charge in [0.25, 0.3) is 0 Å². The largest absolute Gasteiger partial charge is 0.369 e. The van der Waals surface area contributed by atoms with Gasteiger partial charge in [-0.25, -0.2) is 9.98 Å². The van der Waals surface area contributed by atoms with Gasteiger partial charge in [0.2, 0.25) is 5.91 Å². The maximum Gasteiger partial charge on any atom is 0.220 e. The Morgan fingerprint density at radius 1 is 1.33 bits per heavy atom. The Labute approximate surface area is 182 Å². The Hall–Kier alpha value is -2.61. The monoisotopic (exact) mass is 428 g/mol. The molecule has 2 aromatic rings. The number of hydrogen-bond donors (Lipinski definition) is 3. The van der Waals surface area contributed by atoms with Gasteiger partial charge in [-0.2, -0.15) is 0 Å². The second-order valence-electron chi connectivity index (χ2n) is 7.64. The number of guanidine groups is 1. The number of rotatable bonds is 8. The Balaban J connectivity index is 1.63. The van der Waals surface area contributed by atoms with Crippen molar-refractivity contribution in [1.29, 1.82) is 0 Å². The van der Waals surface area contributed by atoms with Crippen molar-refractivity contribution in [3.05, 3.63) is 46.3 Å². The molecule has 1 aliphatic rings. The lowest BCUT2D eigenvalue weighted by molar-refractivity contribution is -0.122. The average molecular weight is 429 g/mol. The predicted molar refractivity (Wildman–Crippen MR) is 124 cm³/mol. The van der Waals surface area contributed by atoms with Crippen molar-refractivity contribution in [2.24, 2.45) is 16.6 Å². The van der Waals surface area contributed by atoms with Crippen LogP contribution in [0.15, 0.2) is 40.8 Å². The van der Waals surface area contributed by atoms with Crippen LogP contribution in [0.3, 0.4) is 0 Å². The molecular formula is C22H32N6OS. The van der Waals surface area contributed by atoms with E-state index in [2.05, 4.69) is 57.9 Å². The summed E-state index contributed by atoms with van der Waals surface area (Å²) < 4.78 is 0. The number of anilines is 1. The molecule has 0 spiro atoms. The average Bonchev–Trinajstić information content (AvgIpc) is 3.31. The molecular weight excluding hydrogens is 396 g/mol. The highest BCUT2D eigenvalue weighted by Gasteiger charge is 2.24. The highest BCUT2D eigenvalue weighted by atomic mass is 32.1. The summed E-state index contributed by atoms with van der Waals surface area (Å²) in [4.78, 5) is 24.5. The summed E-state index contributed by atoms with van der Waals surface area (Å²) in [6, 6.07) is 8.28. The van der Waals surface area contributed by atoms with Gasteiger partial charge in [0, 0.05) is 54.7 Å². The van der Waals surface area contributed by atoms with Crippen LogP contribution < -0.4 is 21.3 Å². The Morgan fingerprint density at radius 3 is 2.80 bits per heavy atom. The molecule has 0 aliphatic carbocycles. The Bertz CT molecular complexity index is 830. The maximum atomic E-state index is 11.4. The van der Waals surface area contributed by atoms with E-state index in [0.717, 1.165) is 56.4 Å². The van der Waals surface area contributed by atoms with E-state index in [4.69, 9.17) is 10.7 Å². The fraction of sp³-hybridized carbons (Fsp3) is 0.500. The number of hydrogen-bond acceptors (Lipinski definition) is 5. The van der Waals surface area contributed by atoms with Crippen LogP contribution in [0.2, 0.25) is 0 Å².